The zero-order valence-corrected chi connectivity index (χ0v) is 12.5. The molecule has 0 spiro atoms. The number of benzene rings is 1. The lowest BCUT2D eigenvalue weighted by Gasteiger charge is -2.26. The average Bonchev–Trinajstić information content (AvgIpc) is 2.31. The summed E-state index contributed by atoms with van der Waals surface area (Å²) >= 11 is 0. The highest BCUT2D eigenvalue weighted by molar-refractivity contribution is 5.25. The highest BCUT2D eigenvalue weighted by Crippen LogP contribution is 2.12. The van der Waals surface area contributed by atoms with E-state index in [2.05, 4.69) is 69.2 Å². The molecule has 2 nitrogen and oxygen atoms in total. The van der Waals surface area contributed by atoms with Crippen molar-refractivity contribution in [1.82, 2.24) is 10.2 Å². The molecule has 0 heterocycles. The third-order valence-corrected chi connectivity index (χ3v) is 3.55. The van der Waals surface area contributed by atoms with Gasteiger partial charge in [0.05, 0.1) is 0 Å². The molecule has 0 saturated carbocycles. The minimum absolute atomic E-state index is 0.582. The number of aryl methyl sites for hydroxylation is 1. The van der Waals surface area contributed by atoms with E-state index in [9.17, 15) is 0 Å². The Morgan fingerprint density at radius 1 is 1.17 bits per heavy atom. The summed E-state index contributed by atoms with van der Waals surface area (Å²) in [5.74, 6) is 0. The summed E-state index contributed by atoms with van der Waals surface area (Å²) in [4.78, 5) is 2.43. The van der Waals surface area contributed by atoms with Gasteiger partial charge in [-0.1, -0.05) is 38.1 Å². The molecule has 1 unspecified atom stereocenters. The normalized spacial score (nSPS) is 13.3. The highest BCUT2D eigenvalue weighted by atomic mass is 15.1. The molecule has 0 aromatic heterocycles. The van der Waals surface area contributed by atoms with Gasteiger partial charge in [0.25, 0.3) is 0 Å². The fraction of sp³-hybridized carbons (Fsp3) is 0.625. The first-order chi connectivity index (χ1) is 8.50. The van der Waals surface area contributed by atoms with Crippen molar-refractivity contribution >= 4 is 0 Å². The second kappa shape index (κ2) is 7.55. The molecule has 1 aromatic carbocycles. The maximum Gasteiger partial charge on any atom is 0.0236 e. The molecule has 0 aliphatic heterocycles. The second-order valence-corrected chi connectivity index (χ2v) is 5.59. The van der Waals surface area contributed by atoms with E-state index in [1.807, 2.05) is 0 Å². The SMILES string of the molecule is Cc1ccccc1CN(C)C(C)CCNC(C)C. The molecule has 2 heteroatoms. The molecule has 0 aliphatic rings. The van der Waals surface area contributed by atoms with E-state index in [1.165, 1.54) is 17.5 Å². The van der Waals surface area contributed by atoms with Crippen LogP contribution in [0.4, 0.5) is 0 Å². The molecule has 0 saturated heterocycles. The number of nitrogens with zero attached hydrogens (tertiary/aromatic N) is 1. The van der Waals surface area contributed by atoms with Crippen molar-refractivity contribution < 1.29 is 0 Å². The summed E-state index contributed by atoms with van der Waals surface area (Å²) < 4.78 is 0. The first-order valence-electron chi connectivity index (χ1n) is 6.99. The molecule has 18 heavy (non-hydrogen) atoms. The van der Waals surface area contributed by atoms with Crippen molar-refractivity contribution in [3.05, 3.63) is 35.4 Å². The molecule has 1 aromatic rings. The maximum absolute atomic E-state index is 3.48. The van der Waals surface area contributed by atoms with Gasteiger partial charge >= 0.3 is 0 Å². The van der Waals surface area contributed by atoms with Gasteiger partial charge in [-0.25, -0.2) is 0 Å². The molecular weight excluding hydrogens is 220 g/mol. The molecule has 1 N–H and O–H groups in total. The Kier molecular flexibility index (Phi) is 6.37. The second-order valence-electron chi connectivity index (χ2n) is 5.59. The van der Waals surface area contributed by atoms with E-state index in [0.717, 1.165) is 13.1 Å². The number of rotatable bonds is 7. The summed E-state index contributed by atoms with van der Waals surface area (Å²) in [7, 11) is 2.21. The van der Waals surface area contributed by atoms with Gasteiger partial charge in [0, 0.05) is 18.6 Å². The Hall–Kier alpha value is -0.860. The van der Waals surface area contributed by atoms with Crippen molar-refractivity contribution in [3.8, 4) is 0 Å². The Morgan fingerprint density at radius 3 is 2.44 bits per heavy atom. The van der Waals surface area contributed by atoms with Crippen molar-refractivity contribution in [3.63, 3.8) is 0 Å². The third-order valence-electron chi connectivity index (χ3n) is 3.55. The van der Waals surface area contributed by atoms with Crippen LogP contribution >= 0.6 is 0 Å². The van der Waals surface area contributed by atoms with Crippen molar-refractivity contribution in [2.45, 2.75) is 52.7 Å². The van der Waals surface area contributed by atoms with Crippen LogP contribution in [0.3, 0.4) is 0 Å². The lowest BCUT2D eigenvalue weighted by atomic mass is 10.1. The first-order valence-corrected chi connectivity index (χ1v) is 6.99. The Morgan fingerprint density at radius 2 is 1.83 bits per heavy atom. The molecule has 0 fully saturated rings. The lowest BCUT2D eigenvalue weighted by molar-refractivity contribution is 0.235. The zero-order valence-electron chi connectivity index (χ0n) is 12.5. The van der Waals surface area contributed by atoms with Crippen molar-refractivity contribution in [1.29, 1.82) is 0 Å². The van der Waals surface area contributed by atoms with Crippen LogP contribution in [0, 0.1) is 6.92 Å². The van der Waals surface area contributed by atoms with E-state index in [0.29, 0.717) is 12.1 Å². The summed E-state index contributed by atoms with van der Waals surface area (Å²) in [5, 5.41) is 3.48. The average molecular weight is 248 g/mol. The molecule has 1 rings (SSSR count). The van der Waals surface area contributed by atoms with Crippen LogP contribution in [0.5, 0.6) is 0 Å². The van der Waals surface area contributed by atoms with Gasteiger partial charge in [-0.2, -0.15) is 0 Å². The van der Waals surface area contributed by atoms with Crippen LogP contribution in [0.1, 0.15) is 38.3 Å². The van der Waals surface area contributed by atoms with Gasteiger partial charge in [-0.05, 0) is 45.0 Å². The van der Waals surface area contributed by atoms with E-state index >= 15 is 0 Å². The number of hydrogen-bond acceptors (Lipinski definition) is 2. The van der Waals surface area contributed by atoms with Gasteiger partial charge in [0.1, 0.15) is 0 Å². The van der Waals surface area contributed by atoms with Gasteiger partial charge in [-0.3, -0.25) is 4.90 Å². The molecular formula is C16H28N2. The third kappa shape index (κ3) is 5.19. The van der Waals surface area contributed by atoms with Crippen LogP contribution in [0.2, 0.25) is 0 Å². The van der Waals surface area contributed by atoms with Crippen LogP contribution in [-0.2, 0) is 6.54 Å². The van der Waals surface area contributed by atoms with Crippen LogP contribution in [-0.4, -0.2) is 30.6 Å². The fourth-order valence-electron chi connectivity index (χ4n) is 2.01. The predicted molar refractivity (Wildman–Crippen MR) is 79.9 cm³/mol. The van der Waals surface area contributed by atoms with Gasteiger partial charge in [0.15, 0.2) is 0 Å². The molecule has 0 radical (unpaired) electrons. The smallest absolute Gasteiger partial charge is 0.0236 e. The first kappa shape index (κ1) is 15.2. The standard InChI is InChI=1S/C16H28N2/c1-13(2)17-11-10-15(4)18(5)12-16-9-7-6-8-14(16)3/h6-9,13,15,17H,10-12H2,1-5H3. The van der Waals surface area contributed by atoms with Gasteiger partial charge < -0.3 is 5.32 Å². The minimum Gasteiger partial charge on any atom is -0.314 e. The van der Waals surface area contributed by atoms with E-state index < -0.39 is 0 Å². The summed E-state index contributed by atoms with van der Waals surface area (Å²) in [6.45, 7) is 11.0. The Balaban J connectivity index is 2.40. The fourth-order valence-corrected chi connectivity index (χ4v) is 2.01. The van der Waals surface area contributed by atoms with Crippen LogP contribution < -0.4 is 5.32 Å². The predicted octanol–water partition coefficient (Wildman–Crippen LogP) is 3.20. The monoisotopic (exact) mass is 248 g/mol. The summed E-state index contributed by atoms with van der Waals surface area (Å²) in [6, 6.07) is 9.84. The summed E-state index contributed by atoms with van der Waals surface area (Å²) in [5.41, 5.74) is 2.82. The quantitative estimate of drug-likeness (QED) is 0.797. The highest BCUT2D eigenvalue weighted by Gasteiger charge is 2.10. The molecule has 102 valence electrons. The largest absolute Gasteiger partial charge is 0.314 e. The molecule has 0 amide bonds. The minimum atomic E-state index is 0.582. The maximum atomic E-state index is 3.48. The lowest BCUT2D eigenvalue weighted by Crippen LogP contribution is -2.33. The Labute approximate surface area is 112 Å². The molecule has 1 atom stereocenters. The zero-order chi connectivity index (χ0) is 13.5. The van der Waals surface area contributed by atoms with E-state index in [1.54, 1.807) is 0 Å². The van der Waals surface area contributed by atoms with E-state index in [4.69, 9.17) is 0 Å². The topological polar surface area (TPSA) is 15.3 Å². The van der Waals surface area contributed by atoms with Crippen LogP contribution in [0.15, 0.2) is 24.3 Å². The van der Waals surface area contributed by atoms with Gasteiger partial charge in [-0.15, -0.1) is 0 Å². The number of nitrogens with one attached hydrogen (secondary N) is 1. The van der Waals surface area contributed by atoms with Crippen LogP contribution in [0.25, 0.3) is 0 Å². The molecule has 0 bridgehead atoms. The van der Waals surface area contributed by atoms with Crippen molar-refractivity contribution in [2.75, 3.05) is 13.6 Å². The van der Waals surface area contributed by atoms with E-state index in [-0.39, 0.29) is 0 Å². The molecule has 0 aliphatic carbocycles. The van der Waals surface area contributed by atoms with Crippen molar-refractivity contribution in [2.24, 2.45) is 0 Å². The summed E-state index contributed by atoms with van der Waals surface area (Å²) in [6.07, 6.45) is 1.20. The Bertz CT molecular complexity index is 347. The van der Waals surface area contributed by atoms with Gasteiger partial charge in [0.2, 0.25) is 0 Å². The number of hydrogen-bond donors (Lipinski definition) is 1.